The highest BCUT2D eigenvalue weighted by molar-refractivity contribution is 9.10. The van der Waals surface area contributed by atoms with E-state index in [9.17, 15) is 4.79 Å². The van der Waals surface area contributed by atoms with Crippen LogP contribution in [0.15, 0.2) is 69.8 Å². The highest BCUT2D eigenvalue weighted by Crippen LogP contribution is 2.29. The Balaban J connectivity index is 1.60. The summed E-state index contributed by atoms with van der Waals surface area (Å²) in [7, 11) is 0. The van der Waals surface area contributed by atoms with Crippen LogP contribution in [-0.2, 0) is 14.3 Å². The molecule has 0 atom stereocenters. The van der Waals surface area contributed by atoms with Crippen molar-refractivity contribution in [2.45, 2.75) is 0 Å². The summed E-state index contributed by atoms with van der Waals surface area (Å²) in [5.41, 5.74) is 2.74. The number of para-hydroxylation sites is 1. The van der Waals surface area contributed by atoms with Crippen LogP contribution in [-0.4, -0.2) is 43.2 Å². The smallest absolute Gasteiger partial charge is 0.363 e. The minimum atomic E-state index is -0.471. The topological polar surface area (TPSA) is 64.0 Å². The van der Waals surface area contributed by atoms with Crippen LogP contribution >= 0.6 is 15.9 Å². The van der Waals surface area contributed by atoms with Gasteiger partial charge in [0.05, 0.1) is 24.3 Å². The van der Waals surface area contributed by atoms with Crippen LogP contribution in [0, 0.1) is 0 Å². The molecule has 0 radical (unpaired) electrons. The predicted molar refractivity (Wildman–Crippen MR) is 120 cm³/mol. The monoisotopic (exact) mass is 463 g/mol. The van der Waals surface area contributed by atoms with Crippen molar-refractivity contribution in [3.05, 3.63) is 75.9 Å². The first-order valence-electron chi connectivity index (χ1n) is 9.69. The van der Waals surface area contributed by atoms with Crippen molar-refractivity contribution in [1.82, 2.24) is 4.98 Å². The van der Waals surface area contributed by atoms with Crippen LogP contribution in [0.25, 0.3) is 17.0 Å². The number of ether oxygens (including phenoxy) is 2. The zero-order valence-corrected chi connectivity index (χ0v) is 17.6. The van der Waals surface area contributed by atoms with Gasteiger partial charge in [-0.3, -0.25) is 0 Å². The molecule has 0 unspecified atom stereocenters. The van der Waals surface area contributed by atoms with Crippen molar-refractivity contribution in [1.29, 1.82) is 0 Å². The molecule has 3 aromatic rings. The second kappa shape index (κ2) is 8.01. The van der Waals surface area contributed by atoms with Crippen LogP contribution in [0.1, 0.15) is 11.1 Å². The molecular weight excluding hydrogens is 446 g/mol. The Morgan fingerprint density at radius 3 is 2.63 bits per heavy atom. The fraction of sp³-hybridized carbons (Fsp3) is 0.174. The first-order valence-corrected chi connectivity index (χ1v) is 10.5. The minimum absolute atomic E-state index is 0.257. The number of esters is 1. The van der Waals surface area contributed by atoms with Crippen molar-refractivity contribution < 1.29 is 14.3 Å². The van der Waals surface area contributed by atoms with E-state index in [-0.39, 0.29) is 5.70 Å². The average molecular weight is 464 g/mol. The van der Waals surface area contributed by atoms with Crippen LogP contribution in [0.2, 0.25) is 0 Å². The number of fused-ring (bicyclic) bond motifs is 1. The first kappa shape index (κ1) is 19.0. The fourth-order valence-electron chi connectivity index (χ4n) is 3.56. The van der Waals surface area contributed by atoms with Crippen LogP contribution in [0.5, 0.6) is 0 Å². The summed E-state index contributed by atoms with van der Waals surface area (Å²) in [6.45, 7) is 2.79. The van der Waals surface area contributed by atoms with E-state index in [0.29, 0.717) is 19.1 Å². The van der Waals surface area contributed by atoms with Gasteiger partial charge >= 0.3 is 5.97 Å². The number of anilines is 1. The van der Waals surface area contributed by atoms with Gasteiger partial charge in [-0.05, 0) is 46.3 Å². The number of rotatable bonds is 3. The van der Waals surface area contributed by atoms with Gasteiger partial charge in [0.15, 0.2) is 5.70 Å². The molecule has 30 heavy (non-hydrogen) atoms. The standard InChI is InChI=1S/C23H18BrN3O3/c24-18-7-3-2-6-17(18)22-26-20(23(28)30-22)14-16-13-15-5-1-4-8-19(15)25-21(16)27-9-11-29-12-10-27/h1-8,13-14H,9-12H2/b20-14+. The summed E-state index contributed by atoms with van der Waals surface area (Å²) in [6, 6.07) is 17.5. The van der Waals surface area contributed by atoms with Crippen molar-refractivity contribution >= 4 is 50.6 Å². The third-order valence-corrected chi connectivity index (χ3v) is 5.75. The predicted octanol–water partition coefficient (Wildman–Crippen LogP) is 4.18. The van der Waals surface area contributed by atoms with Crippen molar-refractivity contribution in [3.8, 4) is 0 Å². The molecule has 7 heteroatoms. The van der Waals surface area contributed by atoms with Gasteiger partial charge in [0.2, 0.25) is 5.90 Å². The molecule has 0 bridgehead atoms. The fourth-order valence-corrected chi connectivity index (χ4v) is 4.02. The lowest BCUT2D eigenvalue weighted by molar-refractivity contribution is -0.129. The van der Waals surface area contributed by atoms with Gasteiger partial charge in [0.1, 0.15) is 5.82 Å². The lowest BCUT2D eigenvalue weighted by Gasteiger charge is -2.29. The number of pyridine rings is 1. The molecule has 6 nitrogen and oxygen atoms in total. The van der Waals surface area contributed by atoms with Crippen LogP contribution < -0.4 is 4.90 Å². The second-order valence-corrected chi connectivity index (χ2v) is 7.86. The lowest BCUT2D eigenvalue weighted by atomic mass is 10.1. The van der Waals surface area contributed by atoms with Crippen molar-refractivity contribution in [2.75, 3.05) is 31.2 Å². The van der Waals surface area contributed by atoms with Gasteiger partial charge in [-0.25, -0.2) is 14.8 Å². The van der Waals surface area contributed by atoms with E-state index in [0.717, 1.165) is 45.4 Å². The Morgan fingerprint density at radius 1 is 1.03 bits per heavy atom. The van der Waals surface area contributed by atoms with E-state index in [1.807, 2.05) is 54.6 Å². The molecule has 2 aliphatic heterocycles. The Labute approximate surface area is 182 Å². The van der Waals surface area contributed by atoms with E-state index >= 15 is 0 Å². The number of benzene rings is 2. The van der Waals surface area contributed by atoms with Gasteiger partial charge in [0.25, 0.3) is 0 Å². The summed E-state index contributed by atoms with van der Waals surface area (Å²) in [5, 5.41) is 1.00. The van der Waals surface area contributed by atoms with Gasteiger partial charge in [-0.2, -0.15) is 0 Å². The molecule has 0 amide bonds. The molecule has 1 aromatic heterocycles. The van der Waals surface area contributed by atoms with E-state index in [4.69, 9.17) is 14.5 Å². The van der Waals surface area contributed by atoms with E-state index in [1.165, 1.54) is 0 Å². The number of halogens is 1. The van der Waals surface area contributed by atoms with E-state index in [2.05, 4.69) is 25.8 Å². The summed E-state index contributed by atoms with van der Waals surface area (Å²) < 4.78 is 11.8. The van der Waals surface area contributed by atoms with Gasteiger partial charge in [-0.15, -0.1) is 0 Å². The maximum absolute atomic E-state index is 12.6. The summed E-state index contributed by atoms with van der Waals surface area (Å²) in [5.74, 6) is 0.643. The zero-order chi connectivity index (χ0) is 20.5. The Morgan fingerprint density at radius 2 is 1.80 bits per heavy atom. The number of cyclic esters (lactones) is 1. The Kier molecular flexibility index (Phi) is 5.06. The molecule has 150 valence electrons. The summed E-state index contributed by atoms with van der Waals surface area (Å²) in [6.07, 6.45) is 1.76. The number of morpholine rings is 1. The highest BCUT2D eigenvalue weighted by atomic mass is 79.9. The zero-order valence-electron chi connectivity index (χ0n) is 16.0. The SMILES string of the molecule is O=C1OC(c2ccccc2Br)=N/C1=C/c1cc2ccccc2nc1N1CCOCC1. The highest BCUT2D eigenvalue weighted by Gasteiger charge is 2.26. The normalized spacial score (nSPS) is 18.0. The van der Waals surface area contributed by atoms with Gasteiger partial charge in [0, 0.05) is 28.5 Å². The molecule has 2 aliphatic rings. The largest absolute Gasteiger partial charge is 0.402 e. The molecule has 0 aliphatic carbocycles. The molecule has 3 heterocycles. The first-order chi connectivity index (χ1) is 14.7. The lowest BCUT2D eigenvalue weighted by Crippen LogP contribution is -2.37. The van der Waals surface area contributed by atoms with Gasteiger partial charge < -0.3 is 14.4 Å². The average Bonchev–Trinajstić information content (AvgIpc) is 3.14. The number of hydrogen-bond donors (Lipinski definition) is 0. The molecule has 5 rings (SSSR count). The molecule has 2 aromatic carbocycles. The van der Waals surface area contributed by atoms with Crippen molar-refractivity contribution in [2.24, 2.45) is 4.99 Å². The molecule has 1 saturated heterocycles. The summed E-state index contributed by atoms with van der Waals surface area (Å²) in [4.78, 5) is 24.1. The second-order valence-electron chi connectivity index (χ2n) is 7.01. The number of carbonyl (C=O) groups is 1. The number of aromatic nitrogens is 1. The number of nitrogens with zero attached hydrogens (tertiary/aromatic N) is 3. The van der Waals surface area contributed by atoms with Gasteiger partial charge in [-0.1, -0.05) is 30.3 Å². The third-order valence-electron chi connectivity index (χ3n) is 5.06. The number of hydrogen-bond acceptors (Lipinski definition) is 6. The quantitative estimate of drug-likeness (QED) is 0.430. The molecular formula is C23H18BrN3O3. The third kappa shape index (κ3) is 3.62. The van der Waals surface area contributed by atoms with E-state index < -0.39 is 5.97 Å². The maximum Gasteiger partial charge on any atom is 0.363 e. The maximum atomic E-state index is 12.6. The van der Waals surface area contributed by atoms with E-state index in [1.54, 1.807) is 6.08 Å². The summed E-state index contributed by atoms with van der Waals surface area (Å²) >= 11 is 3.48. The number of carbonyl (C=O) groups excluding carboxylic acids is 1. The Bertz CT molecular complexity index is 1200. The molecule has 0 saturated carbocycles. The van der Waals surface area contributed by atoms with Crippen LogP contribution in [0.3, 0.4) is 0 Å². The molecule has 1 fully saturated rings. The number of aliphatic imine (C=N–C) groups is 1. The van der Waals surface area contributed by atoms with Crippen LogP contribution in [0.4, 0.5) is 5.82 Å². The molecule has 0 N–H and O–H groups in total. The molecule has 0 spiro atoms. The minimum Gasteiger partial charge on any atom is -0.402 e. The Hall–Kier alpha value is -3.03. The van der Waals surface area contributed by atoms with Crippen molar-refractivity contribution in [3.63, 3.8) is 0 Å².